The van der Waals surface area contributed by atoms with Crippen LogP contribution < -0.4 is 5.32 Å². The third-order valence-electron chi connectivity index (χ3n) is 1.40. The predicted molar refractivity (Wildman–Crippen MR) is 51.9 cm³/mol. The molecular formula is C9H8ClNO2. The van der Waals surface area contributed by atoms with Crippen LogP contribution in [0, 0.1) is 0 Å². The highest BCUT2D eigenvalue weighted by molar-refractivity contribution is 6.31. The van der Waals surface area contributed by atoms with E-state index >= 15 is 0 Å². The molecule has 0 saturated heterocycles. The molecule has 1 aromatic rings. The minimum atomic E-state index is -0.391. The zero-order chi connectivity index (χ0) is 9.84. The highest BCUT2D eigenvalue weighted by atomic mass is 35.5. The number of phenols is 1. The maximum atomic E-state index is 10.9. The average molecular weight is 198 g/mol. The lowest BCUT2D eigenvalue weighted by Gasteiger charge is -2.04. The van der Waals surface area contributed by atoms with Crippen LogP contribution in [-0.4, -0.2) is 11.0 Å². The highest BCUT2D eigenvalue weighted by Crippen LogP contribution is 2.26. The van der Waals surface area contributed by atoms with E-state index in [0.29, 0.717) is 5.02 Å². The Hall–Kier alpha value is -1.48. The average Bonchev–Trinajstić information content (AvgIpc) is 2.11. The number of carbonyl (C=O) groups excluding carboxylic acids is 1. The number of amides is 1. The zero-order valence-corrected chi connectivity index (χ0v) is 7.51. The van der Waals surface area contributed by atoms with Gasteiger partial charge in [0, 0.05) is 5.02 Å². The van der Waals surface area contributed by atoms with E-state index in [9.17, 15) is 9.90 Å². The first-order chi connectivity index (χ1) is 6.13. The molecule has 0 aromatic heterocycles. The standard InChI is InChI=1S/C9H8ClNO2/c1-2-9(13)11-7-5-6(10)3-4-8(7)12/h2-5,12H,1H2,(H,11,13). The van der Waals surface area contributed by atoms with Crippen molar-refractivity contribution in [2.75, 3.05) is 5.32 Å². The van der Waals surface area contributed by atoms with E-state index in [-0.39, 0.29) is 11.4 Å². The van der Waals surface area contributed by atoms with Crippen molar-refractivity contribution in [3.8, 4) is 5.75 Å². The number of phenolic OH excluding ortho intramolecular Hbond substituents is 1. The topological polar surface area (TPSA) is 49.3 Å². The van der Waals surface area contributed by atoms with Crippen LogP contribution in [-0.2, 0) is 4.79 Å². The van der Waals surface area contributed by atoms with E-state index in [0.717, 1.165) is 6.08 Å². The van der Waals surface area contributed by atoms with Gasteiger partial charge in [0.05, 0.1) is 5.69 Å². The molecule has 0 atom stereocenters. The molecule has 0 radical (unpaired) electrons. The van der Waals surface area contributed by atoms with Crippen molar-refractivity contribution in [2.45, 2.75) is 0 Å². The van der Waals surface area contributed by atoms with Crippen LogP contribution in [0.25, 0.3) is 0 Å². The monoisotopic (exact) mass is 197 g/mol. The van der Waals surface area contributed by atoms with Crippen molar-refractivity contribution in [3.63, 3.8) is 0 Å². The van der Waals surface area contributed by atoms with Crippen molar-refractivity contribution in [3.05, 3.63) is 35.9 Å². The molecule has 0 aliphatic heterocycles. The van der Waals surface area contributed by atoms with Gasteiger partial charge in [-0.3, -0.25) is 4.79 Å². The Bertz CT molecular complexity index is 349. The summed E-state index contributed by atoms with van der Waals surface area (Å²) < 4.78 is 0. The van der Waals surface area contributed by atoms with Gasteiger partial charge in [0.1, 0.15) is 5.75 Å². The van der Waals surface area contributed by atoms with Crippen molar-refractivity contribution in [2.24, 2.45) is 0 Å². The fourth-order valence-corrected chi connectivity index (χ4v) is 0.964. The maximum Gasteiger partial charge on any atom is 0.247 e. The number of nitrogens with one attached hydrogen (secondary N) is 1. The van der Waals surface area contributed by atoms with E-state index in [1.54, 1.807) is 0 Å². The van der Waals surface area contributed by atoms with Crippen molar-refractivity contribution < 1.29 is 9.90 Å². The highest BCUT2D eigenvalue weighted by Gasteiger charge is 2.03. The summed E-state index contributed by atoms with van der Waals surface area (Å²) in [6.45, 7) is 3.28. The first-order valence-electron chi connectivity index (χ1n) is 3.55. The van der Waals surface area contributed by atoms with Gasteiger partial charge < -0.3 is 10.4 Å². The Labute approximate surface area is 80.6 Å². The van der Waals surface area contributed by atoms with E-state index in [2.05, 4.69) is 11.9 Å². The molecule has 0 bridgehead atoms. The van der Waals surface area contributed by atoms with E-state index < -0.39 is 5.91 Å². The number of hydrogen-bond acceptors (Lipinski definition) is 2. The van der Waals surface area contributed by atoms with Crippen LogP contribution in [0.1, 0.15) is 0 Å². The summed E-state index contributed by atoms with van der Waals surface area (Å²) in [6, 6.07) is 4.39. The minimum absolute atomic E-state index is 0.0281. The van der Waals surface area contributed by atoms with Crippen LogP contribution in [0.15, 0.2) is 30.9 Å². The molecular weight excluding hydrogens is 190 g/mol. The lowest BCUT2D eigenvalue weighted by atomic mass is 10.3. The molecule has 0 fully saturated rings. The second kappa shape index (κ2) is 3.96. The number of anilines is 1. The van der Waals surface area contributed by atoms with Crippen molar-refractivity contribution in [1.29, 1.82) is 0 Å². The van der Waals surface area contributed by atoms with Gasteiger partial charge in [-0.25, -0.2) is 0 Å². The molecule has 68 valence electrons. The van der Waals surface area contributed by atoms with Crippen LogP contribution in [0.3, 0.4) is 0 Å². The predicted octanol–water partition coefficient (Wildman–Crippen LogP) is 2.17. The quantitative estimate of drug-likeness (QED) is 0.564. The van der Waals surface area contributed by atoms with Crippen LogP contribution in [0.5, 0.6) is 5.75 Å². The second-order valence-electron chi connectivity index (χ2n) is 2.35. The lowest BCUT2D eigenvalue weighted by molar-refractivity contribution is -0.111. The Kier molecular flexibility index (Phi) is 2.93. The second-order valence-corrected chi connectivity index (χ2v) is 2.79. The fourth-order valence-electron chi connectivity index (χ4n) is 0.792. The van der Waals surface area contributed by atoms with Crippen molar-refractivity contribution >= 4 is 23.2 Å². The summed E-state index contributed by atoms with van der Waals surface area (Å²) in [5, 5.41) is 12.1. The normalized spacial score (nSPS) is 9.31. The van der Waals surface area contributed by atoms with Gasteiger partial charge in [-0.15, -0.1) is 0 Å². The van der Waals surface area contributed by atoms with Crippen LogP contribution in [0.4, 0.5) is 5.69 Å². The lowest BCUT2D eigenvalue weighted by Crippen LogP contribution is -2.07. The van der Waals surface area contributed by atoms with Gasteiger partial charge in [0.2, 0.25) is 5.91 Å². The number of rotatable bonds is 2. The van der Waals surface area contributed by atoms with Gasteiger partial charge in [0.25, 0.3) is 0 Å². The van der Waals surface area contributed by atoms with Crippen LogP contribution in [0.2, 0.25) is 5.02 Å². The molecule has 0 aliphatic carbocycles. The SMILES string of the molecule is C=CC(=O)Nc1cc(Cl)ccc1O. The molecule has 0 saturated carbocycles. The first-order valence-corrected chi connectivity index (χ1v) is 3.93. The largest absolute Gasteiger partial charge is 0.506 e. The maximum absolute atomic E-state index is 10.9. The van der Waals surface area contributed by atoms with Crippen LogP contribution >= 0.6 is 11.6 Å². The Morgan fingerprint density at radius 1 is 1.62 bits per heavy atom. The number of benzene rings is 1. The third-order valence-corrected chi connectivity index (χ3v) is 1.64. The fraction of sp³-hybridized carbons (Fsp3) is 0. The van der Waals surface area contributed by atoms with E-state index in [4.69, 9.17) is 11.6 Å². The van der Waals surface area contributed by atoms with Gasteiger partial charge in [-0.2, -0.15) is 0 Å². The molecule has 1 aromatic carbocycles. The number of carbonyl (C=O) groups is 1. The Morgan fingerprint density at radius 3 is 2.92 bits per heavy atom. The number of aromatic hydroxyl groups is 1. The van der Waals surface area contributed by atoms with E-state index in [1.165, 1.54) is 18.2 Å². The summed E-state index contributed by atoms with van der Waals surface area (Å²) in [4.78, 5) is 10.9. The van der Waals surface area contributed by atoms with E-state index in [1.807, 2.05) is 0 Å². The summed E-state index contributed by atoms with van der Waals surface area (Å²) in [5.41, 5.74) is 0.275. The first kappa shape index (κ1) is 9.61. The summed E-state index contributed by atoms with van der Waals surface area (Å²) in [6.07, 6.45) is 1.11. The molecule has 2 N–H and O–H groups in total. The minimum Gasteiger partial charge on any atom is -0.506 e. The molecule has 0 unspecified atom stereocenters. The zero-order valence-electron chi connectivity index (χ0n) is 6.75. The van der Waals surface area contributed by atoms with Gasteiger partial charge in [0.15, 0.2) is 0 Å². The molecule has 3 nitrogen and oxygen atoms in total. The van der Waals surface area contributed by atoms with Gasteiger partial charge >= 0.3 is 0 Å². The summed E-state index contributed by atoms with van der Waals surface area (Å²) in [5.74, 6) is -0.419. The molecule has 13 heavy (non-hydrogen) atoms. The Morgan fingerprint density at radius 2 is 2.31 bits per heavy atom. The molecule has 0 heterocycles. The number of halogens is 1. The Balaban J connectivity index is 2.93. The number of hydrogen-bond donors (Lipinski definition) is 2. The molecule has 4 heteroatoms. The third kappa shape index (κ3) is 2.49. The van der Waals surface area contributed by atoms with Gasteiger partial charge in [-0.05, 0) is 24.3 Å². The van der Waals surface area contributed by atoms with Crippen molar-refractivity contribution in [1.82, 2.24) is 0 Å². The smallest absolute Gasteiger partial charge is 0.247 e. The molecule has 1 rings (SSSR count). The molecule has 0 spiro atoms. The molecule has 1 amide bonds. The summed E-state index contributed by atoms with van der Waals surface area (Å²) in [7, 11) is 0. The summed E-state index contributed by atoms with van der Waals surface area (Å²) >= 11 is 5.66. The van der Waals surface area contributed by atoms with Gasteiger partial charge in [-0.1, -0.05) is 18.2 Å². The molecule has 0 aliphatic rings.